The Morgan fingerprint density at radius 1 is 1.42 bits per heavy atom. The van der Waals surface area contributed by atoms with Crippen LogP contribution in [0, 0.1) is 21.7 Å². The zero-order valence-electron chi connectivity index (χ0n) is 9.47. The lowest BCUT2D eigenvalue weighted by atomic mass is 10.2. The number of hydrogen-bond acceptors (Lipinski definition) is 6. The van der Waals surface area contributed by atoms with Gasteiger partial charge in [0.2, 0.25) is 6.39 Å². The van der Waals surface area contributed by atoms with Crippen molar-refractivity contribution in [1.29, 1.82) is 0 Å². The average molecular weight is 270 g/mol. The van der Waals surface area contributed by atoms with Crippen molar-refractivity contribution in [2.75, 3.05) is 11.9 Å². The number of nitrogens with one attached hydrogen (secondary N) is 1. The first-order valence-electron chi connectivity index (χ1n) is 5.21. The fourth-order valence-corrected chi connectivity index (χ4v) is 1.46. The van der Waals surface area contributed by atoms with Crippen molar-refractivity contribution >= 4 is 11.4 Å². The number of nitrogens with zero attached hydrogens (tertiary/aromatic N) is 3. The first-order valence-corrected chi connectivity index (χ1v) is 5.21. The molecule has 9 heteroatoms. The SMILES string of the molecule is O=[N+]([O-])c1ccc(F)c(F)c1NCCc1ncon1. The summed E-state index contributed by atoms with van der Waals surface area (Å²) in [5.74, 6) is -2.10. The number of hydrogen-bond donors (Lipinski definition) is 1. The molecule has 1 heterocycles. The van der Waals surface area contributed by atoms with E-state index in [0.717, 1.165) is 12.5 Å². The number of halogens is 2. The monoisotopic (exact) mass is 270 g/mol. The van der Waals surface area contributed by atoms with Crippen LogP contribution in [0.4, 0.5) is 20.2 Å². The molecule has 2 rings (SSSR count). The standard InChI is InChI=1S/C10H8F2N4O3/c11-6-1-2-7(16(17)18)10(9(6)12)13-4-3-8-14-5-19-15-8/h1-2,5,13H,3-4H2. The second-order valence-corrected chi connectivity index (χ2v) is 3.54. The minimum absolute atomic E-state index is 0.0980. The predicted octanol–water partition coefficient (Wildman–Crippen LogP) is 1.91. The van der Waals surface area contributed by atoms with E-state index in [1.54, 1.807) is 0 Å². The fraction of sp³-hybridized carbons (Fsp3) is 0.200. The molecule has 100 valence electrons. The number of benzene rings is 1. The molecule has 0 bridgehead atoms. The summed E-state index contributed by atoms with van der Waals surface area (Å²) in [6.07, 6.45) is 1.38. The summed E-state index contributed by atoms with van der Waals surface area (Å²) in [5.41, 5.74) is -1.03. The van der Waals surface area contributed by atoms with Gasteiger partial charge in [-0.1, -0.05) is 5.16 Å². The van der Waals surface area contributed by atoms with Gasteiger partial charge in [0.1, 0.15) is 0 Å². The van der Waals surface area contributed by atoms with Gasteiger partial charge in [-0.25, -0.2) is 8.78 Å². The van der Waals surface area contributed by atoms with E-state index in [0.29, 0.717) is 11.9 Å². The highest BCUT2D eigenvalue weighted by molar-refractivity contribution is 5.62. The van der Waals surface area contributed by atoms with Crippen molar-refractivity contribution in [3.05, 3.63) is 46.1 Å². The van der Waals surface area contributed by atoms with E-state index in [-0.39, 0.29) is 13.0 Å². The van der Waals surface area contributed by atoms with Crippen LogP contribution < -0.4 is 5.32 Å². The van der Waals surface area contributed by atoms with Crippen molar-refractivity contribution in [1.82, 2.24) is 10.1 Å². The molecule has 7 nitrogen and oxygen atoms in total. The normalized spacial score (nSPS) is 10.4. The summed E-state index contributed by atoms with van der Waals surface area (Å²) < 4.78 is 31.0. The largest absolute Gasteiger partial charge is 0.377 e. The number of anilines is 1. The highest BCUT2D eigenvalue weighted by Gasteiger charge is 2.21. The third-order valence-corrected chi connectivity index (χ3v) is 2.33. The quantitative estimate of drug-likeness (QED) is 0.658. The van der Waals surface area contributed by atoms with Gasteiger partial charge in [0, 0.05) is 19.0 Å². The Labute approximate surface area is 105 Å². The number of rotatable bonds is 5. The van der Waals surface area contributed by atoms with Gasteiger partial charge >= 0.3 is 0 Å². The fourth-order valence-electron chi connectivity index (χ4n) is 1.46. The molecule has 0 amide bonds. The zero-order chi connectivity index (χ0) is 13.8. The third kappa shape index (κ3) is 2.81. The molecule has 1 aromatic carbocycles. The van der Waals surface area contributed by atoms with Gasteiger partial charge < -0.3 is 9.84 Å². The summed E-state index contributed by atoms with van der Waals surface area (Å²) in [6.45, 7) is 0.0980. The minimum atomic E-state index is -1.29. The Balaban J connectivity index is 2.14. The van der Waals surface area contributed by atoms with Crippen molar-refractivity contribution in [3.63, 3.8) is 0 Å². The van der Waals surface area contributed by atoms with Gasteiger partial charge in [-0.15, -0.1) is 0 Å². The van der Waals surface area contributed by atoms with Gasteiger partial charge in [0.15, 0.2) is 23.1 Å². The topological polar surface area (TPSA) is 94.1 Å². The van der Waals surface area contributed by atoms with Crippen molar-refractivity contribution in [2.45, 2.75) is 6.42 Å². The molecule has 0 saturated heterocycles. The van der Waals surface area contributed by atoms with Gasteiger partial charge in [-0.3, -0.25) is 10.1 Å². The molecule has 0 saturated carbocycles. The summed E-state index contributed by atoms with van der Waals surface area (Å²) >= 11 is 0. The minimum Gasteiger partial charge on any atom is -0.377 e. The zero-order valence-corrected chi connectivity index (χ0v) is 9.47. The summed E-state index contributed by atoms with van der Waals surface area (Å²) in [6, 6.07) is 1.60. The Morgan fingerprint density at radius 2 is 2.21 bits per heavy atom. The van der Waals surface area contributed by atoms with E-state index in [4.69, 9.17) is 0 Å². The smallest absolute Gasteiger partial charge is 0.295 e. The number of aromatic nitrogens is 2. The van der Waals surface area contributed by atoms with Crippen LogP contribution in [0.2, 0.25) is 0 Å². The lowest BCUT2D eigenvalue weighted by Gasteiger charge is -2.07. The molecule has 0 aliphatic carbocycles. The molecule has 0 radical (unpaired) electrons. The summed E-state index contributed by atoms with van der Waals surface area (Å²) in [7, 11) is 0. The molecule has 2 aromatic rings. The molecule has 1 N–H and O–H groups in total. The second-order valence-electron chi connectivity index (χ2n) is 3.54. The molecule has 0 fully saturated rings. The third-order valence-electron chi connectivity index (χ3n) is 2.33. The summed E-state index contributed by atoms with van der Waals surface area (Å²) in [4.78, 5) is 13.6. The van der Waals surface area contributed by atoms with Crippen molar-refractivity contribution in [3.8, 4) is 0 Å². The Morgan fingerprint density at radius 3 is 2.84 bits per heavy atom. The first-order chi connectivity index (χ1) is 9.09. The van der Waals surface area contributed by atoms with Crippen LogP contribution in [0.3, 0.4) is 0 Å². The molecule has 0 aliphatic heterocycles. The van der Waals surface area contributed by atoms with Gasteiger partial charge in [0.25, 0.3) is 5.69 Å². The molecule has 0 spiro atoms. The molecular weight excluding hydrogens is 262 g/mol. The molecular formula is C10H8F2N4O3. The Kier molecular flexibility index (Phi) is 3.64. The number of nitro benzene ring substituents is 1. The lowest BCUT2D eigenvalue weighted by Crippen LogP contribution is -2.10. The first kappa shape index (κ1) is 12.9. The Bertz CT molecular complexity index is 589. The Hall–Kier alpha value is -2.58. The van der Waals surface area contributed by atoms with Crippen LogP contribution in [0.15, 0.2) is 23.0 Å². The maximum atomic E-state index is 13.5. The van der Waals surface area contributed by atoms with Crippen LogP contribution in [0.5, 0.6) is 0 Å². The van der Waals surface area contributed by atoms with Gasteiger partial charge in [0.05, 0.1) is 4.92 Å². The van der Waals surface area contributed by atoms with E-state index in [2.05, 4.69) is 20.0 Å². The summed E-state index contributed by atoms with van der Waals surface area (Å²) in [5, 5.41) is 16.7. The highest BCUT2D eigenvalue weighted by atomic mass is 19.2. The van der Waals surface area contributed by atoms with Crippen LogP contribution in [-0.2, 0) is 6.42 Å². The predicted molar refractivity (Wildman–Crippen MR) is 59.5 cm³/mol. The van der Waals surface area contributed by atoms with Crippen molar-refractivity contribution in [2.24, 2.45) is 0 Å². The maximum absolute atomic E-state index is 13.5. The van der Waals surface area contributed by atoms with Gasteiger partial charge in [-0.05, 0) is 6.07 Å². The second kappa shape index (κ2) is 5.38. The molecule has 0 unspecified atom stereocenters. The number of nitro groups is 1. The van der Waals surface area contributed by atoms with Crippen LogP contribution >= 0.6 is 0 Å². The molecule has 0 aliphatic rings. The maximum Gasteiger partial charge on any atom is 0.295 e. The van der Waals surface area contributed by atoms with Crippen LogP contribution in [0.25, 0.3) is 0 Å². The average Bonchev–Trinajstić information content (AvgIpc) is 2.87. The van der Waals surface area contributed by atoms with E-state index in [1.807, 2.05) is 0 Å². The van der Waals surface area contributed by atoms with E-state index < -0.39 is 27.9 Å². The molecule has 0 atom stereocenters. The van der Waals surface area contributed by atoms with Gasteiger partial charge in [-0.2, -0.15) is 4.98 Å². The molecule has 19 heavy (non-hydrogen) atoms. The highest BCUT2D eigenvalue weighted by Crippen LogP contribution is 2.28. The van der Waals surface area contributed by atoms with E-state index in [9.17, 15) is 18.9 Å². The van der Waals surface area contributed by atoms with E-state index >= 15 is 0 Å². The lowest BCUT2D eigenvalue weighted by molar-refractivity contribution is -0.384. The van der Waals surface area contributed by atoms with Crippen molar-refractivity contribution < 1.29 is 18.2 Å². The van der Waals surface area contributed by atoms with Crippen LogP contribution in [-0.4, -0.2) is 21.6 Å². The van der Waals surface area contributed by atoms with E-state index in [1.165, 1.54) is 0 Å². The van der Waals surface area contributed by atoms with Crippen LogP contribution in [0.1, 0.15) is 5.82 Å². The molecule has 1 aromatic heterocycles.